The Bertz CT molecular complexity index is 1330. The quantitative estimate of drug-likeness (QED) is 0.359. The number of hydrogen-bond acceptors (Lipinski definition) is 3. The lowest BCUT2D eigenvalue weighted by molar-refractivity contribution is -0.137. The molecule has 5 nitrogen and oxygen atoms in total. The number of hydrogen-bond donors (Lipinski definition) is 1. The summed E-state index contributed by atoms with van der Waals surface area (Å²) in [7, 11) is -4.39. The highest BCUT2D eigenvalue weighted by molar-refractivity contribution is 7.92. The van der Waals surface area contributed by atoms with Crippen LogP contribution >= 0.6 is 11.6 Å². The van der Waals surface area contributed by atoms with Crippen LogP contribution in [0.2, 0.25) is 5.02 Å². The molecule has 0 aliphatic heterocycles. The van der Waals surface area contributed by atoms with Crippen molar-refractivity contribution < 1.29 is 26.4 Å². The Kier molecular flexibility index (Phi) is 8.36. The van der Waals surface area contributed by atoms with Gasteiger partial charge in [0, 0.05) is 0 Å². The van der Waals surface area contributed by atoms with Gasteiger partial charge in [0.2, 0.25) is 5.91 Å². The van der Waals surface area contributed by atoms with E-state index in [1.165, 1.54) is 12.1 Å². The van der Waals surface area contributed by atoms with Gasteiger partial charge < -0.3 is 5.32 Å². The largest absolute Gasteiger partial charge is 0.417 e. The second kappa shape index (κ2) is 10.9. The molecule has 1 N–H and O–H groups in total. The maximum atomic E-state index is 13.5. The van der Waals surface area contributed by atoms with Crippen LogP contribution in [0.1, 0.15) is 41.6 Å². The molecule has 0 spiro atoms. The molecule has 0 heterocycles. The van der Waals surface area contributed by atoms with Gasteiger partial charge in [0.25, 0.3) is 10.0 Å². The molecule has 3 rings (SSSR count). The lowest BCUT2D eigenvalue weighted by Crippen LogP contribution is -2.42. The summed E-state index contributed by atoms with van der Waals surface area (Å²) in [6, 6.07) is 15.7. The number of amides is 1. The first-order valence-corrected chi connectivity index (χ1v) is 13.0. The number of nitrogens with zero attached hydrogens (tertiary/aromatic N) is 1. The molecule has 3 aromatic carbocycles. The van der Waals surface area contributed by atoms with Crippen molar-refractivity contribution in [2.24, 2.45) is 0 Å². The first kappa shape index (κ1) is 27.5. The summed E-state index contributed by atoms with van der Waals surface area (Å²) in [4.78, 5) is 12.9. The minimum atomic E-state index is -4.81. The van der Waals surface area contributed by atoms with Gasteiger partial charge in [-0.15, -0.1) is 0 Å². The Hall–Kier alpha value is -3.04. The monoisotopic (exact) mass is 538 g/mol. The molecule has 0 unspecified atom stereocenters. The average Bonchev–Trinajstić information content (AvgIpc) is 2.81. The van der Waals surface area contributed by atoms with E-state index in [0.29, 0.717) is 16.8 Å². The van der Waals surface area contributed by atoms with Crippen molar-refractivity contribution in [2.45, 2.75) is 44.3 Å². The standard InChI is InChI=1S/C26H26ClF3N2O3S/c1-4-24(19-9-5-17(2)6-10-19)31-25(33)16-32(36(34,35)21-12-7-18(3)8-13-21)20-11-14-23(27)22(15-20)26(28,29)30/h5-15,24H,4,16H2,1-3H3,(H,31,33)/t24-/m0/s1. The minimum absolute atomic E-state index is 0.157. The number of nitrogens with one attached hydrogen (secondary N) is 1. The van der Waals surface area contributed by atoms with Gasteiger partial charge in [-0.1, -0.05) is 66.0 Å². The fourth-order valence-electron chi connectivity index (χ4n) is 3.63. The lowest BCUT2D eigenvalue weighted by atomic mass is 10.0. The molecule has 36 heavy (non-hydrogen) atoms. The Morgan fingerprint density at radius 1 is 0.972 bits per heavy atom. The van der Waals surface area contributed by atoms with Gasteiger partial charge in [-0.3, -0.25) is 9.10 Å². The maximum absolute atomic E-state index is 13.5. The highest BCUT2D eigenvalue weighted by Gasteiger charge is 2.35. The molecule has 1 atom stereocenters. The third-order valence-electron chi connectivity index (χ3n) is 5.66. The number of carbonyl (C=O) groups is 1. The number of rotatable bonds is 8. The molecule has 10 heteroatoms. The zero-order valence-electron chi connectivity index (χ0n) is 19.9. The summed E-state index contributed by atoms with van der Waals surface area (Å²) in [5, 5.41) is 2.22. The van der Waals surface area contributed by atoms with Gasteiger partial charge in [0.1, 0.15) is 6.54 Å². The molecule has 0 bridgehead atoms. The van der Waals surface area contributed by atoms with E-state index in [9.17, 15) is 26.4 Å². The molecular weight excluding hydrogens is 513 g/mol. The highest BCUT2D eigenvalue weighted by atomic mass is 35.5. The number of carbonyl (C=O) groups excluding carboxylic acids is 1. The molecule has 0 saturated carbocycles. The van der Waals surface area contributed by atoms with E-state index in [0.717, 1.165) is 28.8 Å². The van der Waals surface area contributed by atoms with Crippen LogP contribution in [-0.4, -0.2) is 20.9 Å². The number of anilines is 1. The predicted octanol–water partition coefficient (Wildman–Crippen LogP) is 6.44. The third kappa shape index (κ3) is 6.39. The van der Waals surface area contributed by atoms with Crippen molar-refractivity contribution in [3.05, 3.63) is 94.0 Å². The molecule has 0 aliphatic rings. The number of alkyl halides is 3. The maximum Gasteiger partial charge on any atom is 0.417 e. The van der Waals surface area contributed by atoms with Crippen LogP contribution in [0.5, 0.6) is 0 Å². The normalized spacial score (nSPS) is 12.8. The van der Waals surface area contributed by atoms with Crippen molar-refractivity contribution in [1.29, 1.82) is 0 Å². The van der Waals surface area contributed by atoms with Crippen molar-refractivity contribution in [3.8, 4) is 0 Å². The van der Waals surface area contributed by atoms with Crippen molar-refractivity contribution >= 4 is 33.2 Å². The van der Waals surface area contributed by atoms with E-state index in [2.05, 4.69) is 5.32 Å². The zero-order valence-corrected chi connectivity index (χ0v) is 21.5. The Labute approximate surface area is 213 Å². The van der Waals surface area contributed by atoms with Crippen LogP contribution < -0.4 is 9.62 Å². The molecule has 0 aliphatic carbocycles. The van der Waals surface area contributed by atoms with Gasteiger partial charge in [0.05, 0.1) is 27.2 Å². The Morgan fingerprint density at radius 3 is 2.06 bits per heavy atom. The lowest BCUT2D eigenvalue weighted by Gasteiger charge is -2.26. The second-order valence-electron chi connectivity index (χ2n) is 8.43. The first-order valence-electron chi connectivity index (χ1n) is 11.1. The molecular formula is C26H26ClF3N2O3S. The first-order chi connectivity index (χ1) is 16.8. The van der Waals surface area contributed by atoms with E-state index in [4.69, 9.17) is 11.6 Å². The Morgan fingerprint density at radius 2 is 1.53 bits per heavy atom. The fraction of sp³-hybridized carbons (Fsp3) is 0.269. The summed E-state index contributed by atoms with van der Waals surface area (Å²) >= 11 is 5.74. The van der Waals surface area contributed by atoms with Crippen LogP contribution in [-0.2, 0) is 21.0 Å². The molecule has 192 valence electrons. The van der Waals surface area contributed by atoms with E-state index < -0.39 is 45.3 Å². The predicted molar refractivity (Wildman–Crippen MR) is 135 cm³/mol. The second-order valence-corrected chi connectivity index (χ2v) is 10.7. The number of sulfonamides is 1. The summed E-state index contributed by atoms with van der Waals surface area (Å²) in [6.45, 7) is 4.84. The van der Waals surface area contributed by atoms with Crippen LogP contribution in [0, 0.1) is 13.8 Å². The number of benzene rings is 3. The van der Waals surface area contributed by atoms with Crippen LogP contribution in [0.3, 0.4) is 0 Å². The van der Waals surface area contributed by atoms with Crippen LogP contribution in [0.4, 0.5) is 18.9 Å². The molecule has 0 aromatic heterocycles. The minimum Gasteiger partial charge on any atom is -0.348 e. The van der Waals surface area contributed by atoms with Crippen LogP contribution in [0.15, 0.2) is 71.6 Å². The Balaban J connectivity index is 2.01. The fourth-order valence-corrected chi connectivity index (χ4v) is 5.27. The van der Waals surface area contributed by atoms with Gasteiger partial charge in [-0.25, -0.2) is 8.42 Å². The summed E-state index contributed by atoms with van der Waals surface area (Å²) < 4.78 is 68.3. The number of halogens is 4. The van der Waals surface area contributed by atoms with E-state index in [1.54, 1.807) is 19.1 Å². The SMILES string of the molecule is CC[C@H](NC(=O)CN(c1ccc(Cl)c(C(F)(F)F)c1)S(=O)(=O)c1ccc(C)cc1)c1ccc(C)cc1. The van der Waals surface area contributed by atoms with Gasteiger partial charge in [-0.2, -0.15) is 13.2 Å². The van der Waals surface area contributed by atoms with E-state index in [1.807, 2.05) is 38.1 Å². The molecule has 3 aromatic rings. The number of aryl methyl sites for hydroxylation is 2. The van der Waals surface area contributed by atoms with Crippen molar-refractivity contribution in [3.63, 3.8) is 0 Å². The van der Waals surface area contributed by atoms with Crippen molar-refractivity contribution in [2.75, 3.05) is 10.8 Å². The average molecular weight is 539 g/mol. The van der Waals surface area contributed by atoms with Gasteiger partial charge in [-0.05, 0) is 56.2 Å². The summed E-state index contributed by atoms with van der Waals surface area (Å²) in [6.07, 6.45) is -4.29. The van der Waals surface area contributed by atoms with E-state index in [-0.39, 0.29) is 10.6 Å². The molecule has 0 saturated heterocycles. The summed E-state index contributed by atoms with van der Waals surface area (Å²) in [5.74, 6) is -0.665. The van der Waals surface area contributed by atoms with Crippen LogP contribution in [0.25, 0.3) is 0 Å². The molecule has 0 fully saturated rings. The summed E-state index contributed by atoms with van der Waals surface area (Å²) in [5.41, 5.74) is 1.14. The molecule has 1 amide bonds. The van der Waals surface area contributed by atoms with Gasteiger partial charge in [0.15, 0.2) is 0 Å². The van der Waals surface area contributed by atoms with Crippen molar-refractivity contribution in [1.82, 2.24) is 5.32 Å². The zero-order chi connectivity index (χ0) is 26.7. The highest BCUT2D eigenvalue weighted by Crippen LogP contribution is 2.38. The third-order valence-corrected chi connectivity index (χ3v) is 7.78. The van der Waals surface area contributed by atoms with E-state index >= 15 is 0 Å². The van der Waals surface area contributed by atoms with Gasteiger partial charge >= 0.3 is 6.18 Å². The smallest absolute Gasteiger partial charge is 0.348 e. The topological polar surface area (TPSA) is 66.5 Å². The molecule has 0 radical (unpaired) electrons.